The molecule has 2 aliphatic heterocycles. The fraction of sp³-hybridized carbons (Fsp3) is 0.360. The summed E-state index contributed by atoms with van der Waals surface area (Å²) in [5, 5.41) is 3.78. The lowest BCUT2D eigenvalue weighted by molar-refractivity contribution is 0.313. The van der Waals surface area contributed by atoms with Gasteiger partial charge in [0.25, 0.3) is 0 Å². The summed E-state index contributed by atoms with van der Waals surface area (Å²) in [6, 6.07) is 10.1. The first kappa shape index (κ1) is 24.1. The van der Waals surface area contributed by atoms with Crippen LogP contribution in [0.3, 0.4) is 0 Å². The third kappa shape index (κ3) is 5.03. The maximum Gasteiger partial charge on any atom is 0.173 e. The molecule has 0 spiro atoms. The van der Waals surface area contributed by atoms with Crippen molar-refractivity contribution in [3.05, 3.63) is 64.8 Å². The van der Waals surface area contributed by atoms with Gasteiger partial charge in [0.05, 0.1) is 17.3 Å². The molecule has 0 radical (unpaired) electrons. The highest BCUT2D eigenvalue weighted by Crippen LogP contribution is 2.39. The first-order chi connectivity index (χ1) is 16.9. The normalized spacial score (nSPS) is 17.2. The van der Waals surface area contributed by atoms with Crippen LogP contribution in [0.25, 0.3) is 0 Å². The average molecular weight is 517 g/mol. The van der Waals surface area contributed by atoms with Crippen LogP contribution >= 0.6 is 23.4 Å². The molecule has 35 heavy (non-hydrogen) atoms. The van der Waals surface area contributed by atoms with Crippen molar-refractivity contribution < 1.29 is 8.78 Å². The van der Waals surface area contributed by atoms with E-state index in [0.29, 0.717) is 24.7 Å². The standard InChI is InChI=1S/C25H27ClF2N6S/c1-16(22-19(27)6-7-20(28)23(22)26)34-9-8-29-24-25(34)31-21(15-30-24)35-18-5-3-4-17(14-18)33-12-10-32(2)11-13-33/h3-7,14-16H,8-13H2,1-2H3,(H,29,30). The van der Waals surface area contributed by atoms with Gasteiger partial charge in [-0.2, -0.15) is 0 Å². The van der Waals surface area contributed by atoms with Crippen LogP contribution in [0.4, 0.5) is 26.1 Å². The summed E-state index contributed by atoms with van der Waals surface area (Å²) in [6.45, 7) is 7.07. The molecule has 2 aromatic carbocycles. The first-order valence-corrected chi connectivity index (χ1v) is 12.8. The molecule has 6 nitrogen and oxygen atoms in total. The molecular formula is C25H27ClF2N6S. The molecule has 1 atom stereocenters. The van der Waals surface area contributed by atoms with E-state index in [1.165, 1.54) is 17.4 Å². The number of piperazine rings is 1. The molecule has 3 aromatic rings. The Morgan fingerprint density at radius 2 is 1.83 bits per heavy atom. The lowest BCUT2D eigenvalue weighted by Crippen LogP contribution is -2.44. The zero-order chi connectivity index (χ0) is 24.5. The van der Waals surface area contributed by atoms with E-state index >= 15 is 0 Å². The highest BCUT2D eigenvalue weighted by Gasteiger charge is 2.29. The Balaban J connectivity index is 1.40. The van der Waals surface area contributed by atoms with E-state index in [-0.39, 0.29) is 10.6 Å². The average Bonchev–Trinajstić information content (AvgIpc) is 2.86. The van der Waals surface area contributed by atoms with Crippen molar-refractivity contribution in [2.45, 2.75) is 22.9 Å². The number of fused-ring (bicyclic) bond motifs is 1. The topological polar surface area (TPSA) is 47.5 Å². The molecule has 1 fully saturated rings. The van der Waals surface area contributed by atoms with Crippen LogP contribution < -0.4 is 15.1 Å². The second kappa shape index (κ2) is 10.2. The molecule has 0 aliphatic carbocycles. The number of rotatable bonds is 5. The van der Waals surface area contributed by atoms with Gasteiger partial charge in [0, 0.05) is 55.4 Å². The molecule has 0 bridgehead atoms. The predicted molar refractivity (Wildman–Crippen MR) is 138 cm³/mol. The van der Waals surface area contributed by atoms with Crippen molar-refractivity contribution in [2.75, 3.05) is 61.4 Å². The molecular weight excluding hydrogens is 490 g/mol. The third-order valence-corrected chi connectivity index (χ3v) is 7.80. The minimum absolute atomic E-state index is 0.124. The van der Waals surface area contributed by atoms with Crippen molar-refractivity contribution >= 4 is 40.7 Å². The number of nitrogens with zero attached hydrogens (tertiary/aromatic N) is 5. The fourth-order valence-electron chi connectivity index (χ4n) is 4.53. The lowest BCUT2D eigenvalue weighted by Gasteiger charge is -2.35. The molecule has 1 saturated heterocycles. The number of halogens is 3. The van der Waals surface area contributed by atoms with Crippen LogP contribution in [-0.4, -0.2) is 61.2 Å². The molecule has 10 heteroatoms. The van der Waals surface area contributed by atoms with Crippen LogP contribution in [0, 0.1) is 11.6 Å². The first-order valence-electron chi connectivity index (χ1n) is 11.6. The number of anilines is 3. The summed E-state index contributed by atoms with van der Waals surface area (Å²) < 4.78 is 28.8. The molecule has 0 amide bonds. The Hall–Kier alpha value is -2.62. The Morgan fingerprint density at radius 1 is 1.06 bits per heavy atom. The Bertz CT molecular complexity index is 1220. The lowest BCUT2D eigenvalue weighted by atomic mass is 10.0. The van der Waals surface area contributed by atoms with Gasteiger partial charge in [0.1, 0.15) is 16.7 Å². The molecule has 0 saturated carbocycles. The predicted octanol–water partition coefficient (Wildman–Crippen LogP) is 5.30. The summed E-state index contributed by atoms with van der Waals surface area (Å²) in [5.41, 5.74) is 1.32. The van der Waals surface area contributed by atoms with Crippen molar-refractivity contribution in [1.29, 1.82) is 0 Å². The van der Waals surface area contributed by atoms with E-state index in [1.807, 2.05) is 4.90 Å². The highest BCUT2D eigenvalue weighted by atomic mass is 35.5. The van der Waals surface area contributed by atoms with Gasteiger partial charge in [-0.15, -0.1) is 0 Å². The summed E-state index contributed by atoms with van der Waals surface area (Å²) in [5.74, 6) is 0.0411. The summed E-state index contributed by atoms with van der Waals surface area (Å²) >= 11 is 7.69. The largest absolute Gasteiger partial charge is 0.369 e. The number of aromatic nitrogens is 2. The maximum atomic E-state index is 14.7. The van der Waals surface area contributed by atoms with Crippen molar-refractivity contribution in [3.8, 4) is 0 Å². The smallest absolute Gasteiger partial charge is 0.173 e. The van der Waals surface area contributed by atoms with Crippen molar-refractivity contribution in [2.24, 2.45) is 0 Å². The second-order valence-corrected chi connectivity index (χ2v) is 10.3. The quantitative estimate of drug-likeness (QED) is 0.461. The second-order valence-electron chi connectivity index (χ2n) is 8.82. The van der Waals surface area contributed by atoms with E-state index < -0.39 is 17.7 Å². The van der Waals surface area contributed by atoms with E-state index in [2.05, 4.69) is 51.4 Å². The van der Waals surface area contributed by atoms with Gasteiger partial charge < -0.3 is 20.0 Å². The fourth-order valence-corrected chi connectivity index (χ4v) is 5.64. The maximum absolute atomic E-state index is 14.7. The minimum atomic E-state index is -0.638. The Labute approximate surface area is 213 Å². The van der Waals surface area contributed by atoms with Gasteiger partial charge in [-0.3, -0.25) is 0 Å². The molecule has 5 rings (SSSR count). The summed E-state index contributed by atoms with van der Waals surface area (Å²) in [6.07, 6.45) is 1.74. The zero-order valence-corrected chi connectivity index (χ0v) is 21.2. The van der Waals surface area contributed by atoms with Crippen LogP contribution in [0.2, 0.25) is 5.02 Å². The number of benzene rings is 2. The van der Waals surface area contributed by atoms with Gasteiger partial charge >= 0.3 is 0 Å². The third-order valence-electron chi connectivity index (χ3n) is 6.52. The number of likely N-dealkylation sites (N-methyl/N-ethyl adjacent to an activating group) is 1. The minimum Gasteiger partial charge on any atom is -0.369 e. The number of hydrogen-bond donors (Lipinski definition) is 1. The molecule has 3 heterocycles. The van der Waals surface area contributed by atoms with Crippen molar-refractivity contribution in [3.63, 3.8) is 0 Å². The zero-order valence-electron chi connectivity index (χ0n) is 19.6. The van der Waals surface area contributed by atoms with E-state index in [9.17, 15) is 8.78 Å². The number of nitrogens with one attached hydrogen (secondary N) is 1. The summed E-state index contributed by atoms with van der Waals surface area (Å²) in [7, 11) is 2.15. The van der Waals surface area contributed by atoms with Crippen LogP contribution in [0.15, 0.2) is 52.5 Å². The summed E-state index contributed by atoms with van der Waals surface area (Å²) in [4.78, 5) is 17.1. The molecule has 2 aliphatic rings. The van der Waals surface area contributed by atoms with Crippen LogP contribution in [-0.2, 0) is 0 Å². The van der Waals surface area contributed by atoms with Gasteiger partial charge in [0.15, 0.2) is 11.6 Å². The monoisotopic (exact) mass is 516 g/mol. The molecule has 1 N–H and O–H groups in total. The molecule has 1 unspecified atom stereocenters. The molecule has 1 aromatic heterocycles. The van der Waals surface area contributed by atoms with Gasteiger partial charge in [-0.25, -0.2) is 18.7 Å². The Morgan fingerprint density at radius 3 is 2.63 bits per heavy atom. The SMILES string of the molecule is CC(c1c(F)ccc(F)c1Cl)N1CCNc2ncc(Sc3cccc(N4CCN(C)CC4)c3)nc21. The highest BCUT2D eigenvalue weighted by molar-refractivity contribution is 7.99. The Kier molecular flexibility index (Phi) is 7.00. The van der Waals surface area contributed by atoms with Gasteiger partial charge in [-0.1, -0.05) is 29.4 Å². The van der Waals surface area contributed by atoms with Gasteiger partial charge in [-0.05, 0) is 44.3 Å². The van der Waals surface area contributed by atoms with E-state index in [0.717, 1.165) is 48.2 Å². The van der Waals surface area contributed by atoms with E-state index in [1.54, 1.807) is 13.1 Å². The van der Waals surface area contributed by atoms with Crippen molar-refractivity contribution in [1.82, 2.24) is 14.9 Å². The van der Waals surface area contributed by atoms with E-state index in [4.69, 9.17) is 16.6 Å². The van der Waals surface area contributed by atoms with Crippen LogP contribution in [0.1, 0.15) is 18.5 Å². The van der Waals surface area contributed by atoms with Gasteiger partial charge in [0.2, 0.25) is 0 Å². The molecule has 184 valence electrons. The number of hydrogen-bond acceptors (Lipinski definition) is 7. The van der Waals surface area contributed by atoms with Crippen LogP contribution in [0.5, 0.6) is 0 Å².